The highest BCUT2D eigenvalue weighted by molar-refractivity contribution is 5.84. The predicted molar refractivity (Wildman–Crippen MR) is 50.9 cm³/mol. The molecule has 4 heteroatoms. The highest BCUT2D eigenvalue weighted by atomic mass is 15.5. The molecule has 1 saturated heterocycles. The Hall–Kier alpha value is -1.03. The molecule has 68 valence electrons. The van der Waals surface area contributed by atoms with Crippen LogP contribution in [0.1, 0.15) is 0 Å². The summed E-state index contributed by atoms with van der Waals surface area (Å²) in [6.45, 7) is 6.53. The molecule has 1 aliphatic rings. The molecule has 0 aliphatic carbocycles. The molecule has 12 heavy (non-hydrogen) atoms. The minimum Gasteiger partial charge on any atom is -0.359 e. The van der Waals surface area contributed by atoms with Gasteiger partial charge >= 0.3 is 0 Å². The van der Waals surface area contributed by atoms with Gasteiger partial charge in [0.25, 0.3) is 0 Å². The second-order valence-corrected chi connectivity index (χ2v) is 2.87. The largest absolute Gasteiger partial charge is 0.359 e. The lowest BCUT2D eigenvalue weighted by atomic mass is 10.4. The first-order valence-electron chi connectivity index (χ1n) is 4.08. The molecule has 1 N–H and O–H groups in total. The van der Waals surface area contributed by atoms with Gasteiger partial charge in [-0.1, -0.05) is 6.58 Å². The predicted octanol–water partition coefficient (Wildman–Crippen LogP) is -0.0898. The number of rotatable bonds is 2. The zero-order chi connectivity index (χ0) is 8.97. The molecule has 0 aromatic carbocycles. The van der Waals surface area contributed by atoms with Crippen molar-refractivity contribution in [2.24, 2.45) is 5.10 Å². The second kappa shape index (κ2) is 4.11. The Labute approximate surface area is 73.5 Å². The van der Waals surface area contributed by atoms with Crippen molar-refractivity contribution in [2.45, 2.75) is 0 Å². The minimum absolute atomic E-state index is 0.842. The van der Waals surface area contributed by atoms with E-state index in [1.165, 1.54) is 0 Å². The van der Waals surface area contributed by atoms with Gasteiger partial charge in [-0.05, 0) is 0 Å². The number of piperazine rings is 1. The van der Waals surface area contributed by atoms with Gasteiger partial charge in [-0.3, -0.25) is 5.01 Å². The first-order valence-corrected chi connectivity index (χ1v) is 4.08. The molecule has 0 saturated carbocycles. The normalized spacial score (nSPS) is 21.2. The molecule has 0 aromatic rings. The van der Waals surface area contributed by atoms with Crippen molar-refractivity contribution < 1.29 is 0 Å². The standard InChI is InChI=1S/C8H16N4/c1-4-12(3)10-8-7-9-5-6-11(8)2/h4,9H,1,5-7H2,2-3H3/b10-8-. The lowest BCUT2D eigenvalue weighted by Gasteiger charge is -2.27. The van der Waals surface area contributed by atoms with Crippen LogP contribution in [0.3, 0.4) is 0 Å². The third kappa shape index (κ3) is 2.23. The topological polar surface area (TPSA) is 30.9 Å². The fourth-order valence-corrected chi connectivity index (χ4v) is 1.05. The maximum Gasteiger partial charge on any atom is 0.139 e. The van der Waals surface area contributed by atoms with E-state index in [4.69, 9.17) is 0 Å². The summed E-state index contributed by atoms with van der Waals surface area (Å²) in [4.78, 5) is 2.15. The number of amidine groups is 1. The Balaban J connectivity index is 2.57. The molecule has 1 fully saturated rings. The summed E-state index contributed by atoms with van der Waals surface area (Å²) in [7, 11) is 3.93. The van der Waals surface area contributed by atoms with Gasteiger partial charge in [-0.2, -0.15) is 5.10 Å². The first kappa shape index (κ1) is 9.06. The average molecular weight is 168 g/mol. The van der Waals surface area contributed by atoms with Crippen LogP contribution in [0.5, 0.6) is 0 Å². The highest BCUT2D eigenvalue weighted by Gasteiger charge is 2.11. The van der Waals surface area contributed by atoms with E-state index in [0.717, 1.165) is 25.5 Å². The molecule has 0 bridgehead atoms. The van der Waals surface area contributed by atoms with E-state index in [-0.39, 0.29) is 0 Å². The number of hydrogen-bond acceptors (Lipinski definition) is 3. The number of hydrazone groups is 1. The maximum absolute atomic E-state index is 4.33. The SMILES string of the molecule is C=CN(C)/N=C1/CNCCN1C. The van der Waals surface area contributed by atoms with Gasteiger partial charge in [-0.15, -0.1) is 0 Å². The Morgan fingerprint density at radius 1 is 1.75 bits per heavy atom. The summed E-state index contributed by atoms with van der Waals surface area (Å²) in [6.07, 6.45) is 1.69. The maximum atomic E-state index is 4.33. The average Bonchev–Trinajstić information content (AvgIpc) is 2.09. The van der Waals surface area contributed by atoms with Crippen LogP contribution >= 0.6 is 0 Å². The first-order chi connectivity index (χ1) is 5.74. The van der Waals surface area contributed by atoms with Gasteiger partial charge < -0.3 is 10.2 Å². The lowest BCUT2D eigenvalue weighted by Crippen LogP contribution is -2.46. The van der Waals surface area contributed by atoms with Crippen LogP contribution in [0.25, 0.3) is 0 Å². The van der Waals surface area contributed by atoms with Crippen molar-refractivity contribution in [3.05, 3.63) is 12.8 Å². The second-order valence-electron chi connectivity index (χ2n) is 2.87. The van der Waals surface area contributed by atoms with Crippen LogP contribution in [-0.2, 0) is 0 Å². The molecular formula is C8H16N4. The Bertz CT molecular complexity index is 187. The summed E-state index contributed by atoms with van der Waals surface area (Å²) >= 11 is 0. The van der Waals surface area contributed by atoms with Crippen LogP contribution < -0.4 is 5.32 Å². The summed E-state index contributed by atoms with van der Waals surface area (Å²) in [6, 6.07) is 0. The fraction of sp³-hybridized carbons (Fsp3) is 0.625. The highest BCUT2D eigenvalue weighted by Crippen LogP contribution is 1.94. The molecule has 1 aliphatic heterocycles. The van der Waals surface area contributed by atoms with Crippen LogP contribution in [0.4, 0.5) is 0 Å². The Morgan fingerprint density at radius 3 is 3.08 bits per heavy atom. The number of hydrogen-bond donors (Lipinski definition) is 1. The van der Waals surface area contributed by atoms with Gasteiger partial charge in [0.1, 0.15) is 5.84 Å². The van der Waals surface area contributed by atoms with Crippen LogP contribution in [0.15, 0.2) is 17.9 Å². The fourth-order valence-electron chi connectivity index (χ4n) is 1.05. The third-order valence-electron chi connectivity index (χ3n) is 1.89. The molecule has 1 heterocycles. The molecule has 1 rings (SSSR count). The van der Waals surface area contributed by atoms with E-state index in [2.05, 4.69) is 28.9 Å². The van der Waals surface area contributed by atoms with Crippen molar-refractivity contribution in [3.8, 4) is 0 Å². The van der Waals surface area contributed by atoms with Crippen molar-refractivity contribution in [3.63, 3.8) is 0 Å². The monoisotopic (exact) mass is 168 g/mol. The van der Waals surface area contributed by atoms with Crippen molar-refractivity contribution in [2.75, 3.05) is 33.7 Å². The number of nitrogens with one attached hydrogen (secondary N) is 1. The van der Waals surface area contributed by atoms with Gasteiger partial charge in [0.05, 0.1) is 6.54 Å². The molecule has 0 aromatic heterocycles. The zero-order valence-corrected chi connectivity index (χ0v) is 7.75. The van der Waals surface area contributed by atoms with Crippen molar-refractivity contribution in [1.29, 1.82) is 0 Å². The molecule has 0 spiro atoms. The van der Waals surface area contributed by atoms with E-state index in [1.54, 1.807) is 11.2 Å². The smallest absolute Gasteiger partial charge is 0.139 e. The van der Waals surface area contributed by atoms with E-state index in [1.807, 2.05) is 7.05 Å². The van der Waals surface area contributed by atoms with E-state index < -0.39 is 0 Å². The summed E-state index contributed by atoms with van der Waals surface area (Å²) in [5.74, 6) is 1.06. The molecule has 0 amide bonds. The van der Waals surface area contributed by atoms with Crippen molar-refractivity contribution in [1.82, 2.24) is 15.2 Å². The van der Waals surface area contributed by atoms with Gasteiger partial charge in [0.2, 0.25) is 0 Å². The van der Waals surface area contributed by atoms with Crippen LogP contribution in [0, 0.1) is 0 Å². The lowest BCUT2D eigenvalue weighted by molar-refractivity contribution is 0.411. The van der Waals surface area contributed by atoms with Gasteiger partial charge in [0, 0.05) is 33.4 Å². The van der Waals surface area contributed by atoms with E-state index in [0.29, 0.717) is 0 Å². The molecule has 4 nitrogen and oxygen atoms in total. The van der Waals surface area contributed by atoms with E-state index >= 15 is 0 Å². The minimum atomic E-state index is 0.842. The Morgan fingerprint density at radius 2 is 2.50 bits per heavy atom. The quantitative estimate of drug-likeness (QED) is 0.585. The van der Waals surface area contributed by atoms with Gasteiger partial charge in [-0.25, -0.2) is 0 Å². The Kier molecular flexibility index (Phi) is 3.10. The number of nitrogens with zero attached hydrogens (tertiary/aromatic N) is 3. The third-order valence-corrected chi connectivity index (χ3v) is 1.89. The molecule has 0 atom stereocenters. The number of likely N-dealkylation sites (N-methyl/N-ethyl adjacent to an activating group) is 1. The zero-order valence-electron chi connectivity index (χ0n) is 7.75. The summed E-state index contributed by atoms with van der Waals surface area (Å²) < 4.78 is 0. The van der Waals surface area contributed by atoms with Gasteiger partial charge in [0.15, 0.2) is 0 Å². The molecule has 0 unspecified atom stereocenters. The van der Waals surface area contributed by atoms with Crippen LogP contribution in [-0.4, -0.2) is 49.5 Å². The van der Waals surface area contributed by atoms with E-state index in [9.17, 15) is 0 Å². The van der Waals surface area contributed by atoms with Crippen molar-refractivity contribution >= 4 is 5.84 Å². The van der Waals surface area contributed by atoms with Crippen LogP contribution in [0.2, 0.25) is 0 Å². The summed E-state index contributed by atoms with van der Waals surface area (Å²) in [5, 5.41) is 9.31. The molecule has 0 radical (unpaired) electrons. The molecular weight excluding hydrogens is 152 g/mol. The summed E-state index contributed by atoms with van der Waals surface area (Å²) in [5.41, 5.74) is 0.